The zero-order valence-electron chi connectivity index (χ0n) is 18.2. The Morgan fingerprint density at radius 2 is 2.06 bits per heavy atom. The number of piperidine rings is 1. The van der Waals surface area contributed by atoms with Gasteiger partial charge >= 0.3 is 0 Å². The third-order valence-corrected chi connectivity index (χ3v) is 7.25. The van der Waals surface area contributed by atoms with Crippen molar-refractivity contribution in [1.29, 1.82) is 0 Å². The van der Waals surface area contributed by atoms with E-state index >= 15 is 0 Å². The molecule has 0 spiro atoms. The van der Waals surface area contributed by atoms with Crippen LogP contribution in [0.3, 0.4) is 0 Å². The van der Waals surface area contributed by atoms with Gasteiger partial charge in [0.1, 0.15) is 11.9 Å². The number of hydrogen-bond acceptors (Lipinski definition) is 6. The lowest BCUT2D eigenvalue weighted by Crippen LogP contribution is -2.41. The number of carbonyl (C=O) groups excluding carboxylic acids is 3. The van der Waals surface area contributed by atoms with Crippen molar-refractivity contribution < 1.29 is 14.4 Å². The molecule has 1 atom stereocenters. The van der Waals surface area contributed by atoms with Crippen LogP contribution in [0.15, 0.2) is 40.6 Å². The van der Waals surface area contributed by atoms with E-state index in [1.54, 1.807) is 24.4 Å². The van der Waals surface area contributed by atoms with Gasteiger partial charge in [-0.1, -0.05) is 30.3 Å². The highest BCUT2D eigenvalue weighted by atomic mass is 35.5. The predicted molar refractivity (Wildman–Crippen MR) is 128 cm³/mol. The number of fused-ring (bicyclic) bond motifs is 1. The summed E-state index contributed by atoms with van der Waals surface area (Å²) in [4.78, 5) is 55.9. The van der Waals surface area contributed by atoms with Crippen molar-refractivity contribution in [3.8, 4) is 0 Å². The van der Waals surface area contributed by atoms with E-state index in [2.05, 4.69) is 16.9 Å². The average molecular weight is 484 g/mol. The Bertz CT molecular complexity index is 1390. The molecule has 0 saturated carbocycles. The molecule has 33 heavy (non-hydrogen) atoms. The van der Waals surface area contributed by atoms with Gasteiger partial charge in [0.05, 0.1) is 10.9 Å². The minimum absolute atomic E-state index is 0.00308. The SMILES string of the molecule is C=C1CCC(n2c(C)nc3c(CCC(=O)C(=O)c4ccc(C)c(Cl)c4)scc3c2=O)C(=O)N1. The summed E-state index contributed by atoms with van der Waals surface area (Å²) in [6.07, 6.45) is 1.36. The molecule has 3 heterocycles. The molecular formula is C24H22ClN3O4S. The molecule has 3 aromatic rings. The Kier molecular flexibility index (Phi) is 6.32. The van der Waals surface area contributed by atoms with E-state index in [-0.39, 0.29) is 29.9 Å². The largest absolute Gasteiger partial charge is 0.329 e. The van der Waals surface area contributed by atoms with Crippen LogP contribution in [-0.4, -0.2) is 27.0 Å². The number of rotatable bonds is 6. The molecule has 1 saturated heterocycles. The number of allylic oxidation sites excluding steroid dienone is 1. The fraction of sp³-hybridized carbons (Fsp3) is 0.292. The maximum Gasteiger partial charge on any atom is 0.262 e. The Morgan fingerprint density at radius 1 is 1.30 bits per heavy atom. The van der Waals surface area contributed by atoms with Gasteiger partial charge in [0, 0.05) is 33.0 Å². The number of aromatic nitrogens is 2. The van der Waals surface area contributed by atoms with Gasteiger partial charge in [-0.3, -0.25) is 23.7 Å². The summed E-state index contributed by atoms with van der Waals surface area (Å²) in [5, 5.41) is 5.24. The van der Waals surface area contributed by atoms with Crippen molar-refractivity contribution in [1.82, 2.24) is 14.9 Å². The number of thiophene rings is 1. The smallest absolute Gasteiger partial charge is 0.262 e. The van der Waals surface area contributed by atoms with Crippen LogP contribution in [0.25, 0.3) is 10.9 Å². The van der Waals surface area contributed by atoms with Crippen LogP contribution in [0.4, 0.5) is 0 Å². The molecule has 1 unspecified atom stereocenters. The molecule has 7 nitrogen and oxygen atoms in total. The topological polar surface area (TPSA) is 98.1 Å². The van der Waals surface area contributed by atoms with Crippen molar-refractivity contribution >= 4 is 51.3 Å². The molecule has 1 aliphatic heterocycles. The van der Waals surface area contributed by atoms with E-state index in [0.29, 0.717) is 40.3 Å². The zero-order chi connectivity index (χ0) is 23.9. The first kappa shape index (κ1) is 23.1. The lowest BCUT2D eigenvalue weighted by Gasteiger charge is -2.26. The maximum atomic E-state index is 13.2. The summed E-state index contributed by atoms with van der Waals surface area (Å²) in [6.45, 7) is 7.28. The number of carbonyl (C=O) groups is 3. The number of nitrogens with one attached hydrogen (secondary N) is 1. The molecule has 0 bridgehead atoms. The van der Waals surface area contributed by atoms with Crippen LogP contribution >= 0.6 is 22.9 Å². The Balaban J connectivity index is 1.56. The molecule has 1 fully saturated rings. The second kappa shape index (κ2) is 9.03. The minimum Gasteiger partial charge on any atom is -0.329 e. The molecule has 2 aromatic heterocycles. The average Bonchev–Trinajstić information content (AvgIpc) is 3.17. The van der Waals surface area contributed by atoms with Crippen molar-refractivity contribution in [2.75, 3.05) is 0 Å². The van der Waals surface area contributed by atoms with Crippen LogP contribution < -0.4 is 10.9 Å². The highest BCUT2D eigenvalue weighted by Gasteiger charge is 2.29. The normalized spacial score (nSPS) is 16.2. The van der Waals surface area contributed by atoms with Crippen LogP contribution in [0.2, 0.25) is 5.02 Å². The minimum atomic E-state index is -0.635. The summed E-state index contributed by atoms with van der Waals surface area (Å²) in [5.74, 6) is -0.959. The van der Waals surface area contributed by atoms with Crippen molar-refractivity contribution in [3.05, 3.63) is 73.1 Å². The van der Waals surface area contributed by atoms with Crippen LogP contribution in [0.5, 0.6) is 0 Å². The van der Waals surface area contributed by atoms with Gasteiger partial charge in [-0.2, -0.15) is 0 Å². The fourth-order valence-electron chi connectivity index (χ4n) is 3.95. The van der Waals surface area contributed by atoms with E-state index in [4.69, 9.17) is 11.6 Å². The third kappa shape index (κ3) is 4.41. The Labute approximate surface area is 199 Å². The van der Waals surface area contributed by atoms with Crippen molar-refractivity contribution in [3.63, 3.8) is 0 Å². The third-order valence-electron chi connectivity index (χ3n) is 5.81. The first-order valence-electron chi connectivity index (χ1n) is 10.5. The van der Waals surface area contributed by atoms with Gasteiger partial charge in [-0.05, 0) is 44.7 Å². The molecular weight excluding hydrogens is 462 g/mol. The lowest BCUT2D eigenvalue weighted by molar-refractivity contribution is -0.125. The number of nitrogens with zero attached hydrogens (tertiary/aromatic N) is 2. The molecule has 1 aliphatic rings. The molecule has 1 aromatic carbocycles. The maximum absolute atomic E-state index is 13.2. The zero-order valence-corrected chi connectivity index (χ0v) is 19.8. The van der Waals surface area contributed by atoms with Gasteiger partial charge in [-0.15, -0.1) is 11.3 Å². The summed E-state index contributed by atoms with van der Waals surface area (Å²) >= 11 is 7.39. The van der Waals surface area contributed by atoms with Crippen molar-refractivity contribution in [2.45, 2.75) is 45.6 Å². The monoisotopic (exact) mass is 483 g/mol. The van der Waals surface area contributed by atoms with Gasteiger partial charge in [-0.25, -0.2) is 4.98 Å². The van der Waals surface area contributed by atoms with Crippen LogP contribution in [0, 0.1) is 13.8 Å². The van der Waals surface area contributed by atoms with Crippen molar-refractivity contribution in [2.24, 2.45) is 0 Å². The summed E-state index contributed by atoms with van der Waals surface area (Å²) < 4.78 is 1.43. The molecule has 1 N–H and O–H groups in total. The second-order valence-electron chi connectivity index (χ2n) is 8.12. The lowest BCUT2D eigenvalue weighted by atomic mass is 10.0. The molecule has 9 heteroatoms. The molecule has 170 valence electrons. The van der Waals surface area contributed by atoms with Gasteiger partial charge in [0.2, 0.25) is 17.5 Å². The number of Topliss-reactive ketones (excluding diaryl/α,β-unsaturated/α-hetero) is 2. The van der Waals surface area contributed by atoms with Gasteiger partial charge in [0.25, 0.3) is 5.56 Å². The first-order valence-corrected chi connectivity index (χ1v) is 11.7. The second-order valence-corrected chi connectivity index (χ2v) is 9.49. The Morgan fingerprint density at radius 3 is 2.76 bits per heavy atom. The number of benzene rings is 1. The van der Waals surface area contributed by atoms with Crippen LogP contribution in [0.1, 0.15) is 51.9 Å². The number of halogens is 1. The molecule has 1 amide bonds. The van der Waals surface area contributed by atoms with Crippen LogP contribution in [-0.2, 0) is 16.0 Å². The predicted octanol–water partition coefficient (Wildman–Crippen LogP) is 4.08. The molecule has 4 rings (SSSR count). The quantitative estimate of drug-likeness (QED) is 0.421. The van der Waals surface area contributed by atoms with E-state index in [1.165, 1.54) is 22.0 Å². The highest BCUT2D eigenvalue weighted by Crippen LogP contribution is 2.27. The summed E-state index contributed by atoms with van der Waals surface area (Å²) in [5.41, 5.74) is 1.95. The molecule has 0 aliphatic carbocycles. The van der Waals surface area contributed by atoms with Gasteiger partial charge < -0.3 is 5.32 Å². The van der Waals surface area contributed by atoms with E-state index in [1.807, 2.05) is 6.92 Å². The Hall–Kier alpha value is -3.10. The van der Waals surface area contributed by atoms with E-state index in [9.17, 15) is 19.2 Å². The summed E-state index contributed by atoms with van der Waals surface area (Å²) in [7, 11) is 0. The first-order chi connectivity index (χ1) is 15.7. The fourth-order valence-corrected chi connectivity index (χ4v) is 5.09. The van der Waals surface area contributed by atoms with E-state index in [0.717, 1.165) is 10.4 Å². The molecule has 0 radical (unpaired) electrons. The highest BCUT2D eigenvalue weighted by molar-refractivity contribution is 7.11. The number of amides is 1. The summed E-state index contributed by atoms with van der Waals surface area (Å²) in [6, 6.07) is 4.16. The van der Waals surface area contributed by atoms with E-state index < -0.39 is 17.6 Å². The number of aryl methyl sites for hydroxylation is 3. The number of ketones is 2. The number of hydrogen-bond donors (Lipinski definition) is 1. The van der Waals surface area contributed by atoms with Gasteiger partial charge in [0.15, 0.2) is 0 Å². The standard InChI is InChI=1S/C24H22ClN3O4S/c1-12-4-6-15(10-17(12)25)22(30)19(29)8-9-20-21-16(11-33-20)24(32)28(14(3)27-21)18-7-5-13(2)26-23(18)31/h4,6,10-11,18H,2,5,7-9H2,1,3H3,(H,26,31).